The summed E-state index contributed by atoms with van der Waals surface area (Å²) >= 11 is 0. The molecule has 2 aromatic carbocycles. The molecule has 0 spiro atoms. The molecule has 0 saturated carbocycles. The molecule has 0 fully saturated rings. The van der Waals surface area contributed by atoms with Gasteiger partial charge in [0.15, 0.2) is 6.10 Å². The van der Waals surface area contributed by atoms with Gasteiger partial charge in [0.1, 0.15) is 0 Å². The third kappa shape index (κ3) is 4.32. The van der Waals surface area contributed by atoms with Gasteiger partial charge in [-0.3, -0.25) is 34.2 Å². The lowest BCUT2D eigenvalue weighted by molar-refractivity contribution is -0.384. The average molecular weight is 411 g/mol. The minimum absolute atomic E-state index is 0.176. The van der Waals surface area contributed by atoms with Crippen molar-refractivity contribution < 1.29 is 28.8 Å². The van der Waals surface area contributed by atoms with Crippen LogP contribution >= 0.6 is 0 Å². The summed E-state index contributed by atoms with van der Waals surface area (Å²) in [5.74, 6) is -2.42. The van der Waals surface area contributed by atoms with Gasteiger partial charge in [-0.15, -0.1) is 0 Å². The molecular formula is C20H17N3O7. The smallest absolute Gasteiger partial charge is 0.308 e. The second-order valence-corrected chi connectivity index (χ2v) is 6.49. The standard InChI is InChI=1S/C20H17N3O7/c1-12(18(25)21-13-5-4-6-14(11-13)23(28)29)30-17(24)9-10-22-19(26)15-7-2-3-8-16(15)20(22)27/h2-8,11-12H,9-10H2,1H3,(H,21,25). The summed E-state index contributed by atoms with van der Waals surface area (Å²) in [6.07, 6.45) is -1.46. The molecule has 0 radical (unpaired) electrons. The molecule has 154 valence electrons. The van der Waals surface area contributed by atoms with Crippen molar-refractivity contribution in [1.82, 2.24) is 4.90 Å². The van der Waals surface area contributed by atoms with Crippen LogP contribution in [0, 0.1) is 10.1 Å². The highest BCUT2D eigenvalue weighted by Gasteiger charge is 2.35. The first-order valence-electron chi connectivity index (χ1n) is 8.98. The number of fused-ring (bicyclic) bond motifs is 1. The molecule has 0 saturated heterocycles. The minimum Gasteiger partial charge on any atom is -0.452 e. The third-order valence-corrected chi connectivity index (χ3v) is 4.42. The number of nitrogens with one attached hydrogen (secondary N) is 1. The first kappa shape index (κ1) is 20.6. The maximum absolute atomic E-state index is 12.3. The van der Waals surface area contributed by atoms with Crippen LogP contribution in [0.5, 0.6) is 0 Å². The Morgan fingerprint density at radius 1 is 1.10 bits per heavy atom. The van der Waals surface area contributed by atoms with E-state index < -0.39 is 34.7 Å². The number of nitrogens with zero attached hydrogens (tertiary/aromatic N) is 2. The normalized spacial score (nSPS) is 13.6. The van der Waals surface area contributed by atoms with E-state index in [4.69, 9.17) is 4.74 Å². The number of anilines is 1. The Labute approximate surface area is 170 Å². The fourth-order valence-corrected chi connectivity index (χ4v) is 2.90. The summed E-state index contributed by atoms with van der Waals surface area (Å²) < 4.78 is 5.04. The molecule has 1 aliphatic heterocycles. The topological polar surface area (TPSA) is 136 Å². The van der Waals surface area contributed by atoms with Gasteiger partial charge in [-0.1, -0.05) is 18.2 Å². The van der Waals surface area contributed by atoms with E-state index >= 15 is 0 Å². The average Bonchev–Trinajstić information content (AvgIpc) is 2.97. The highest BCUT2D eigenvalue weighted by molar-refractivity contribution is 6.21. The number of non-ortho nitro benzene ring substituents is 1. The molecule has 1 heterocycles. The number of imide groups is 1. The van der Waals surface area contributed by atoms with Crippen LogP contribution in [0.1, 0.15) is 34.1 Å². The Morgan fingerprint density at radius 2 is 1.73 bits per heavy atom. The van der Waals surface area contributed by atoms with Crippen LogP contribution in [0.4, 0.5) is 11.4 Å². The van der Waals surface area contributed by atoms with E-state index in [-0.39, 0.29) is 35.5 Å². The summed E-state index contributed by atoms with van der Waals surface area (Å²) in [6.45, 7) is 1.16. The Bertz CT molecular complexity index is 1020. The summed E-state index contributed by atoms with van der Waals surface area (Å²) in [5.41, 5.74) is 0.544. The van der Waals surface area contributed by atoms with Crippen LogP contribution in [0.25, 0.3) is 0 Å². The van der Waals surface area contributed by atoms with E-state index in [0.29, 0.717) is 0 Å². The lowest BCUT2D eigenvalue weighted by Gasteiger charge is -2.16. The van der Waals surface area contributed by atoms with Gasteiger partial charge in [0, 0.05) is 24.4 Å². The number of hydrogen-bond acceptors (Lipinski definition) is 7. The molecule has 10 nitrogen and oxygen atoms in total. The van der Waals surface area contributed by atoms with Crippen molar-refractivity contribution in [3.63, 3.8) is 0 Å². The number of hydrogen-bond donors (Lipinski definition) is 1. The molecule has 2 aromatic rings. The maximum Gasteiger partial charge on any atom is 0.308 e. The van der Waals surface area contributed by atoms with Crippen LogP contribution in [-0.4, -0.2) is 46.2 Å². The van der Waals surface area contributed by atoms with E-state index in [0.717, 1.165) is 4.90 Å². The van der Waals surface area contributed by atoms with Crippen molar-refractivity contribution in [2.24, 2.45) is 0 Å². The van der Waals surface area contributed by atoms with E-state index in [1.165, 1.54) is 43.3 Å². The van der Waals surface area contributed by atoms with Crippen LogP contribution in [-0.2, 0) is 14.3 Å². The quantitative estimate of drug-likeness (QED) is 0.319. The monoisotopic (exact) mass is 411 g/mol. The number of carbonyl (C=O) groups excluding carboxylic acids is 4. The zero-order valence-electron chi connectivity index (χ0n) is 15.9. The molecule has 30 heavy (non-hydrogen) atoms. The van der Waals surface area contributed by atoms with E-state index in [1.807, 2.05) is 0 Å². The number of benzene rings is 2. The van der Waals surface area contributed by atoms with E-state index in [2.05, 4.69) is 5.32 Å². The van der Waals surface area contributed by atoms with Crippen molar-refractivity contribution in [1.29, 1.82) is 0 Å². The Kier molecular flexibility index (Phi) is 5.86. The fraction of sp³-hybridized carbons (Fsp3) is 0.200. The molecule has 3 rings (SSSR count). The number of esters is 1. The highest BCUT2D eigenvalue weighted by atomic mass is 16.6. The molecule has 10 heteroatoms. The first-order chi connectivity index (χ1) is 14.3. The number of carbonyl (C=O) groups is 4. The number of nitro groups is 1. The fourth-order valence-electron chi connectivity index (χ4n) is 2.90. The minimum atomic E-state index is -1.18. The molecule has 1 atom stereocenters. The molecule has 1 aliphatic rings. The summed E-state index contributed by atoms with van der Waals surface area (Å²) in [7, 11) is 0. The van der Waals surface area contributed by atoms with E-state index in [9.17, 15) is 29.3 Å². The van der Waals surface area contributed by atoms with Gasteiger partial charge in [0.25, 0.3) is 23.4 Å². The second kappa shape index (κ2) is 8.52. The van der Waals surface area contributed by atoms with Gasteiger partial charge >= 0.3 is 5.97 Å². The van der Waals surface area contributed by atoms with Crippen molar-refractivity contribution >= 4 is 35.1 Å². The Hall–Kier alpha value is -4.08. The van der Waals surface area contributed by atoms with E-state index in [1.54, 1.807) is 12.1 Å². The van der Waals surface area contributed by atoms with Crippen LogP contribution in [0.2, 0.25) is 0 Å². The highest BCUT2D eigenvalue weighted by Crippen LogP contribution is 2.22. The molecule has 3 amide bonds. The molecule has 1 unspecified atom stereocenters. The summed E-state index contributed by atoms with van der Waals surface area (Å²) in [5, 5.41) is 13.2. The number of amides is 3. The van der Waals surface area contributed by atoms with Gasteiger partial charge in [0.2, 0.25) is 0 Å². The van der Waals surface area contributed by atoms with Crippen molar-refractivity contribution in [3.8, 4) is 0 Å². The lowest BCUT2D eigenvalue weighted by atomic mass is 10.1. The predicted molar refractivity (Wildman–Crippen MR) is 104 cm³/mol. The Morgan fingerprint density at radius 3 is 2.33 bits per heavy atom. The SMILES string of the molecule is CC(OC(=O)CCN1C(=O)c2ccccc2C1=O)C(=O)Nc1cccc([N+](=O)[O-])c1. The van der Waals surface area contributed by atoms with Crippen LogP contribution < -0.4 is 5.32 Å². The van der Waals surface area contributed by atoms with Gasteiger partial charge in [0.05, 0.1) is 22.5 Å². The largest absolute Gasteiger partial charge is 0.452 e. The predicted octanol–water partition coefficient (Wildman–Crippen LogP) is 2.15. The molecular weight excluding hydrogens is 394 g/mol. The van der Waals surface area contributed by atoms with Gasteiger partial charge < -0.3 is 10.1 Å². The third-order valence-electron chi connectivity index (χ3n) is 4.42. The van der Waals surface area contributed by atoms with Crippen LogP contribution in [0.15, 0.2) is 48.5 Å². The molecule has 0 aliphatic carbocycles. The zero-order chi connectivity index (χ0) is 21.8. The van der Waals surface area contributed by atoms with Gasteiger partial charge in [-0.05, 0) is 25.1 Å². The molecule has 0 aromatic heterocycles. The van der Waals surface area contributed by atoms with Crippen molar-refractivity contribution in [2.75, 3.05) is 11.9 Å². The van der Waals surface area contributed by atoms with Crippen LogP contribution in [0.3, 0.4) is 0 Å². The second-order valence-electron chi connectivity index (χ2n) is 6.49. The lowest BCUT2D eigenvalue weighted by Crippen LogP contribution is -2.34. The number of nitro benzene ring substituents is 1. The molecule has 0 bridgehead atoms. The van der Waals surface area contributed by atoms with Crippen molar-refractivity contribution in [2.45, 2.75) is 19.4 Å². The van der Waals surface area contributed by atoms with Gasteiger partial charge in [-0.2, -0.15) is 0 Å². The van der Waals surface area contributed by atoms with Gasteiger partial charge in [-0.25, -0.2) is 0 Å². The maximum atomic E-state index is 12.3. The first-order valence-corrected chi connectivity index (χ1v) is 8.98. The summed E-state index contributed by atoms with van der Waals surface area (Å²) in [4.78, 5) is 59.9. The number of rotatable bonds is 7. The Balaban J connectivity index is 1.52. The zero-order valence-corrected chi connectivity index (χ0v) is 15.9. The number of ether oxygens (including phenoxy) is 1. The molecule has 1 N–H and O–H groups in total. The van der Waals surface area contributed by atoms with Crippen molar-refractivity contribution in [3.05, 3.63) is 69.8 Å². The summed E-state index contributed by atoms with van der Waals surface area (Å²) in [6, 6.07) is 11.7.